The predicted molar refractivity (Wildman–Crippen MR) is 140 cm³/mol. The summed E-state index contributed by atoms with van der Waals surface area (Å²) < 4.78 is 11.6. The molecule has 0 aliphatic rings. The van der Waals surface area contributed by atoms with E-state index in [1.807, 2.05) is 69.0 Å². The molecule has 0 spiro atoms. The fourth-order valence-corrected chi connectivity index (χ4v) is 3.67. The minimum atomic E-state index is -0.237. The first-order valence-corrected chi connectivity index (χ1v) is 12.4. The zero-order valence-electron chi connectivity index (χ0n) is 21.6. The van der Waals surface area contributed by atoms with E-state index in [1.165, 1.54) is 0 Å². The molecule has 2 rings (SSSR count). The van der Waals surface area contributed by atoms with Crippen molar-refractivity contribution in [3.8, 4) is 11.5 Å². The highest BCUT2D eigenvalue weighted by Gasteiger charge is 2.21. The molecule has 0 radical (unpaired) electrons. The van der Waals surface area contributed by atoms with Crippen molar-refractivity contribution < 1.29 is 19.1 Å². The van der Waals surface area contributed by atoms with Crippen molar-refractivity contribution in [1.82, 2.24) is 4.90 Å². The van der Waals surface area contributed by atoms with E-state index in [1.54, 1.807) is 19.1 Å². The Hall–Kier alpha value is -3.35. The average molecular weight is 482 g/mol. The molecule has 190 valence electrons. The quantitative estimate of drug-likeness (QED) is 0.241. The van der Waals surface area contributed by atoms with Gasteiger partial charge in [0.15, 0.2) is 0 Å². The number of carbonyl (C=O) groups is 2. The van der Waals surface area contributed by atoms with Crippen molar-refractivity contribution in [3.63, 3.8) is 0 Å². The summed E-state index contributed by atoms with van der Waals surface area (Å²) in [6.45, 7) is 11.1. The van der Waals surface area contributed by atoms with E-state index in [9.17, 15) is 9.59 Å². The summed E-state index contributed by atoms with van der Waals surface area (Å²) in [4.78, 5) is 29.8. The summed E-state index contributed by atoms with van der Waals surface area (Å²) in [7, 11) is 0. The lowest BCUT2D eigenvalue weighted by Crippen LogP contribution is -2.42. The van der Waals surface area contributed by atoms with Crippen LogP contribution in [-0.4, -0.2) is 47.8 Å². The second kappa shape index (κ2) is 14.1. The Labute approximate surface area is 209 Å². The Morgan fingerprint density at radius 3 is 1.69 bits per heavy atom. The van der Waals surface area contributed by atoms with Crippen LogP contribution in [0.3, 0.4) is 0 Å². The molecule has 0 heterocycles. The van der Waals surface area contributed by atoms with E-state index < -0.39 is 0 Å². The van der Waals surface area contributed by atoms with Gasteiger partial charge in [-0.1, -0.05) is 6.92 Å². The lowest BCUT2D eigenvalue weighted by molar-refractivity contribution is -0.117. The maximum Gasteiger partial charge on any atom is 0.254 e. The van der Waals surface area contributed by atoms with Crippen LogP contribution in [0.1, 0.15) is 76.2 Å². The van der Waals surface area contributed by atoms with Gasteiger partial charge in [-0.15, -0.1) is 0 Å². The summed E-state index contributed by atoms with van der Waals surface area (Å²) in [5.41, 5.74) is 7.22. The van der Waals surface area contributed by atoms with Gasteiger partial charge in [0.1, 0.15) is 17.3 Å². The van der Waals surface area contributed by atoms with E-state index >= 15 is 0 Å². The van der Waals surface area contributed by atoms with Crippen LogP contribution in [0, 0.1) is 0 Å². The normalized spacial score (nSPS) is 11.6. The van der Waals surface area contributed by atoms with Crippen LogP contribution in [0.4, 0.5) is 0 Å². The van der Waals surface area contributed by atoms with E-state index in [4.69, 9.17) is 15.2 Å². The Morgan fingerprint density at radius 2 is 1.26 bits per heavy atom. The number of amides is 2. The Morgan fingerprint density at radius 1 is 0.800 bits per heavy atom. The minimum absolute atomic E-state index is 0.0411. The lowest BCUT2D eigenvalue weighted by Gasteiger charge is -2.30. The Kier molecular flexibility index (Phi) is 11.3. The van der Waals surface area contributed by atoms with Gasteiger partial charge < -0.3 is 20.1 Å². The molecule has 0 aromatic heterocycles. The number of rotatable bonds is 13. The number of ether oxygens (including phenoxy) is 2. The monoisotopic (exact) mass is 481 g/mol. The van der Waals surface area contributed by atoms with Crippen LogP contribution in [0.2, 0.25) is 0 Å². The first kappa shape index (κ1) is 27.9. The zero-order valence-corrected chi connectivity index (χ0v) is 21.6. The largest absolute Gasteiger partial charge is 0.494 e. The van der Waals surface area contributed by atoms with E-state index in [2.05, 4.69) is 4.99 Å². The van der Waals surface area contributed by atoms with Gasteiger partial charge in [0, 0.05) is 29.6 Å². The second-order valence-electron chi connectivity index (χ2n) is 8.95. The van der Waals surface area contributed by atoms with Crippen LogP contribution < -0.4 is 15.2 Å². The molecule has 0 bridgehead atoms. The van der Waals surface area contributed by atoms with Gasteiger partial charge >= 0.3 is 0 Å². The molecule has 2 aromatic carbocycles. The summed E-state index contributed by atoms with van der Waals surface area (Å²) in [6.07, 6.45) is 3.13. The van der Waals surface area contributed by atoms with Gasteiger partial charge in [-0.2, -0.15) is 4.99 Å². The van der Waals surface area contributed by atoms with Gasteiger partial charge in [-0.05, 0) is 95.5 Å². The zero-order chi connectivity index (χ0) is 25.8. The third-order valence-corrected chi connectivity index (χ3v) is 5.47. The number of carbonyl (C=O) groups excluding carboxylic acids is 2. The molecule has 0 aliphatic heterocycles. The molecule has 0 atom stereocenters. The third-order valence-electron chi connectivity index (χ3n) is 5.47. The van der Waals surface area contributed by atoms with Gasteiger partial charge in [0.05, 0.1) is 13.2 Å². The van der Waals surface area contributed by atoms with Crippen molar-refractivity contribution >= 4 is 17.6 Å². The summed E-state index contributed by atoms with van der Waals surface area (Å²) in [6, 6.07) is 14.9. The van der Waals surface area contributed by atoms with Crippen LogP contribution >= 0.6 is 0 Å². The fourth-order valence-electron chi connectivity index (χ4n) is 3.67. The lowest BCUT2D eigenvalue weighted by atomic mass is 10.1. The molecule has 7 nitrogen and oxygen atoms in total. The van der Waals surface area contributed by atoms with E-state index in [0.29, 0.717) is 30.8 Å². The maximum absolute atomic E-state index is 12.7. The third kappa shape index (κ3) is 9.08. The molecule has 2 aromatic rings. The van der Waals surface area contributed by atoms with Crippen molar-refractivity contribution in [1.29, 1.82) is 0 Å². The Bertz CT molecular complexity index is 959. The summed E-state index contributed by atoms with van der Waals surface area (Å²) in [5, 5.41) is 0. The number of amidine groups is 1. The number of aliphatic imine (C=N–C) groups is 1. The number of nitrogens with zero attached hydrogens (tertiary/aromatic N) is 2. The van der Waals surface area contributed by atoms with Gasteiger partial charge in [0.25, 0.3) is 5.91 Å². The molecule has 35 heavy (non-hydrogen) atoms. The topological polar surface area (TPSA) is 94.2 Å². The number of hydrogen-bond donors (Lipinski definition) is 1. The number of nitrogens with two attached hydrogens (primary N) is 1. The number of hydrogen-bond acceptors (Lipinski definition) is 4. The molecule has 0 aliphatic carbocycles. The molecule has 2 N–H and O–H groups in total. The predicted octanol–water partition coefficient (Wildman–Crippen LogP) is 5.22. The standard InChI is InChI=1S/C28H39N3O4/c1-6-26(32)30-27(29)22-10-14-24(15-11-22)34-18-8-7-9-19-35-25-16-12-23(13-17-25)28(33)31(20(2)3)21(4)5/h10-17,20-21H,6-9,18-19H2,1-5H3,(H2,29,30,32). The molecular formula is C28H39N3O4. The Balaban J connectivity index is 1.67. The first-order valence-electron chi connectivity index (χ1n) is 12.4. The second-order valence-corrected chi connectivity index (χ2v) is 8.95. The van der Waals surface area contributed by atoms with Crippen molar-refractivity contribution in [2.45, 2.75) is 72.4 Å². The van der Waals surface area contributed by atoms with Crippen LogP contribution in [0.5, 0.6) is 11.5 Å². The van der Waals surface area contributed by atoms with Gasteiger partial charge in [0.2, 0.25) is 5.91 Å². The van der Waals surface area contributed by atoms with Gasteiger partial charge in [-0.25, -0.2) is 0 Å². The van der Waals surface area contributed by atoms with E-state index in [0.717, 1.165) is 30.8 Å². The fraction of sp³-hybridized carbons (Fsp3) is 0.464. The summed E-state index contributed by atoms with van der Waals surface area (Å²) in [5.74, 6) is 1.54. The summed E-state index contributed by atoms with van der Waals surface area (Å²) >= 11 is 0. The molecule has 0 saturated carbocycles. The molecule has 7 heteroatoms. The average Bonchev–Trinajstić information content (AvgIpc) is 2.83. The molecule has 0 unspecified atom stereocenters. The van der Waals surface area contributed by atoms with Crippen molar-refractivity contribution in [2.75, 3.05) is 13.2 Å². The van der Waals surface area contributed by atoms with Crippen LogP contribution in [0.25, 0.3) is 0 Å². The molecule has 0 fully saturated rings. The molecule has 2 amide bonds. The number of benzene rings is 2. The van der Waals surface area contributed by atoms with Crippen LogP contribution in [0.15, 0.2) is 53.5 Å². The van der Waals surface area contributed by atoms with Gasteiger partial charge in [-0.3, -0.25) is 9.59 Å². The first-order chi connectivity index (χ1) is 16.7. The SMILES string of the molecule is CCC(=O)N=C(N)c1ccc(OCCCCCOc2ccc(C(=O)N(C(C)C)C(C)C)cc2)cc1. The smallest absolute Gasteiger partial charge is 0.254 e. The van der Waals surface area contributed by atoms with Crippen molar-refractivity contribution in [3.05, 3.63) is 59.7 Å². The highest BCUT2D eigenvalue weighted by molar-refractivity contribution is 6.04. The number of unbranched alkanes of at least 4 members (excludes halogenated alkanes) is 2. The highest BCUT2D eigenvalue weighted by Crippen LogP contribution is 2.17. The molecular weight excluding hydrogens is 442 g/mol. The molecule has 0 saturated heterocycles. The van der Waals surface area contributed by atoms with Crippen LogP contribution in [-0.2, 0) is 4.79 Å². The minimum Gasteiger partial charge on any atom is -0.494 e. The van der Waals surface area contributed by atoms with Crippen molar-refractivity contribution in [2.24, 2.45) is 10.7 Å². The highest BCUT2D eigenvalue weighted by atomic mass is 16.5. The van der Waals surface area contributed by atoms with E-state index in [-0.39, 0.29) is 29.7 Å². The maximum atomic E-state index is 12.7.